The number of aromatic amines is 2. The van der Waals surface area contributed by atoms with Gasteiger partial charge in [-0.1, -0.05) is 45.7 Å². The van der Waals surface area contributed by atoms with Gasteiger partial charge in [-0.05, 0) is 66.0 Å². The minimum absolute atomic E-state index is 0.185. The highest BCUT2D eigenvalue weighted by atomic mass is 16.4. The zero-order chi connectivity index (χ0) is 24.4. The van der Waals surface area contributed by atoms with Gasteiger partial charge in [-0.15, -0.1) is 10.2 Å². The van der Waals surface area contributed by atoms with Crippen LogP contribution in [0.3, 0.4) is 0 Å². The molecule has 1 fully saturated rings. The largest absolute Gasteiger partial charge is 0.418 e. The number of nitrogens with zero attached hydrogens (tertiary/aromatic N) is 3. The molecule has 3 N–H and O–H groups in total. The van der Waals surface area contributed by atoms with Crippen LogP contribution in [0.15, 0.2) is 53.2 Å². The van der Waals surface area contributed by atoms with Crippen LogP contribution in [0.1, 0.15) is 52.3 Å². The van der Waals surface area contributed by atoms with Crippen molar-refractivity contribution < 1.29 is 9.52 Å². The molecule has 3 heterocycles. The van der Waals surface area contributed by atoms with E-state index in [4.69, 9.17) is 4.42 Å². The molecular weight excluding hydrogens is 438 g/mol. The summed E-state index contributed by atoms with van der Waals surface area (Å²) >= 11 is 0. The number of aliphatic hydroxyl groups is 1. The molecule has 5 aromatic rings. The molecule has 3 aromatic heterocycles. The second kappa shape index (κ2) is 10.0. The van der Waals surface area contributed by atoms with E-state index in [1.54, 1.807) is 6.20 Å². The number of hydrogen-bond donors (Lipinski definition) is 3. The third-order valence-corrected chi connectivity index (χ3v) is 7.30. The molecule has 182 valence electrons. The first-order valence-corrected chi connectivity index (χ1v) is 12.5. The molecule has 6 rings (SSSR count). The molecule has 0 aliphatic heterocycles. The van der Waals surface area contributed by atoms with Gasteiger partial charge < -0.3 is 14.5 Å². The summed E-state index contributed by atoms with van der Waals surface area (Å²) in [5.74, 6) is 3.52. The molecule has 1 aliphatic carbocycles. The third kappa shape index (κ3) is 4.86. The van der Waals surface area contributed by atoms with Crippen LogP contribution in [0.4, 0.5) is 0 Å². The zero-order valence-electron chi connectivity index (χ0n) is 20.6. The highest BCUT2D eigenvalue weighted by Crippen LogP contribution is 2.35. The Labute approximate surface area is 205 Å². The Morgan fingerprint density at radius 1 is 1.00 bits per heavy atom. The molecule has 35 heavy (non-hydrogen) atoms. The molecule has 7 nitrogen and oxygen atoms in total. The number of nitrogens with one attached hydrogen (secondary N) is 2. The lowest BCUT2D eigenvalue weighted by Gasteiger charge is -2.28. The maximum Gasteiger partial charge on any atom is 0.248 e. The summed E-state index contributed by atoms with van der Waals surface area (Å²) in [5, 5.41) is 26.2. The van der Waals surface area contributed by atoms with E-state index < -0.39 is 0 Å². The van der Waals surface area contributed by atoms with Crippen LogP contribution in [-0.2, 0) is 6.61 Å². The van der Waals surface area contributed by atoms with Crippen LogP contribution in [0.2, 0.25) is 0 Å². The van der Waals surface area contributed by atoms with Gasteiger partial charge in [0.2, 0.25) is 11.8 Å². The lowest BCUT2D eigenvalue weighted by Crippen LogP contribution is -2.16. The van der Waals surface area contributed by atoms with E-state index in [-0.39, 0.29) is 12.5 Å². The molecule has 0 unspecified atom stereocenters. The van der Waals surface area contributed by atoms with Crippen LogP contribution in [0.25, 0.3) is 44.4 Å². The van der Waals surface area contributed by atoms with E-state index in [2.05, 4.69) is 64.3 Å². The summed E-state index contributed by atoms with van der Waals surface area (Å²) in [5.41, 5.74) is 4.84. The van der Waals surface area contributed by atoms with Crippen LogP contribution in [-0.4, -0.2) is 30.5 Å². The summed E-state index contributed by atoms with van der Waals surface area (Å²) in [4.78, 5) is 3.23. The minimum Gasteiger partial charge on any atom is -0.418 e. The average molecular weight is 472 g/mol. The number of benzene rings is 2. The number of aromatic nitrogens is 5. The Hall–Kier alpha value is -3.45. The molecule has 0 bridgehead atoms. The van der Waals surface area contributed by atoms with Gasteiger partial charge in [-0.2, -0.15) is 5.10 Å². The van der Waals surface area contributed by atoms with Crippen molar-refractivity contribution in [1.82, 2.24) is 25.4 Å². The molecule has 0 atom stereocenters. The Balaban J connectivity index is 0.000000214. The fourth-order valence-electron chi connectivity index (χ4n) is 5.10. The van der Waals surface area contributed by atoms with Crippen molar-refractivity contribution in [3.05, 3.63) is 54.7 Å². The molecule has 1 aliphatic rings. The Bertz CT molecular complexity index is 1410. The standard InChI is InChI=1S/C18H13N5O2.C10H20/c24-9-17-22-23-18(25-17)13-6-10(7-16-14(13)8-20-21-16)11-2-1-3-15-12(11)4-5-19-15;1-8(2)10-6-4-9(3)5-7-10/h1-8,19,24H,9H2,(H,20,21);8-10H,4-7H2,1-3H3. The Morgan fingerprint density at radius 2 is 1.83 bits per heavy atom. The second-order valence-corrected chi connectivity index (χ2v) is 10.0. The molecule has 0 amide bonds. The van der Waals surface area contributed by atoms with Crippen molar-refractivity contribution in [1.29, 1.82) is 0 Å². The predicted octanol–water partition coefficient (Wildman–Crippen LogP) is 6.72. The predicted molar refractivity (Wildman–Crippen MR) is 139 cm³/mol. The van der Waals surface area contributed by atoms with Crippen LogP contribution in [0, 0.1) is 17.8 Å². The highest BCUT2D eigenvalue weighted by Gasteiger charge is 2.20. The van der Waals surface area contributed by atoms with E-state index in [1.807, 2.05) is 24.4 Å². The van der Waals surface area contributed by atoms with Gasteiger partial charge in [-0.3, -0.25) is 5.10 Å². The summed E-state index contributed by atoms with van der Waals surface area (Å²) in [6, 6.07) is 12.2. The maximum absolute atomic E-state index is 9.18. The van der Waals surface area contributed by atoms with Crippen LogP contribution >= 0.6 is 0 Å². The Morgan fingerprint density at radius 3 is 2.57 bits per heavy atom. The lowest BCUT2D eigenvalue weighted by molar-refractivity contribution is 0.234. The first-order chi connectivity index (χ1) is 17.0. The summed E-state index contributed by atoms with van der Waals surface area (Å²) in [6.45, 7) is 6.82. The molecule has 1 saturated carbocycles. The van der Waals surface area contributed by atoms with Crippen LogP contribution < -0.4 is 0 Å². The van der Waals surface area contributed by atoms with E-state index in [0.717, 1.165) is 56.2 Å². The van der Waals surface area contributed by atoms with Gasteiger partial charge in [0.05, 0.1) is 17.3 Å². The van der Waals surface area contributed by atoms with Gasteiger partial charge in [0, 0.05) is 22.5 Å². The van der Waals surface area contributed by atoms with Crippen molar-refractivity contribution in [2.24, 2.45) is 17.8 Å². The number of rotatable bonds is 4. The van der Waals surface area contributed by atoms with E-state index in [9.17, 15) is 5.11 Å². The summed E-state index contributed by atoms with van der Waals surface area (Å²) < 4.78 is 5.54. The summed E-state index contributed by atoms with van der Waals surface area (Å²) in [6.07, 6.45) is 9.58. The smallest absolute Gasteiger partial charge is 0.248 e. The van der Waals surface area contributed by atoms with Crippen molar-refractivity contribution >= 4 is 21.8 Å². The zero-order valence-corrected chi connectivity index (χ0v) is 20.6. The minimum atomic E-state index is -0.288. The van der Waals surface area contributed by atoms with Gasteiger partial charge >= 0.3 is 0 Å². The fraction of sp³-hybridized carbons (Fsp3) is 0.393. The van der Waals surface area contributed by atoms with Gasteiger partial charge in [0.15, 0.2) is 0 Å². The number of hydrogen-bond acceptors (Lipinski definition) is 5. The van der Waals surface area contributed by atoms with Crippen molar-refractivity contribution in [2.75, 3.05) is 0 Å². The van der Waals surface area contributed by atoms with E-state index in [1.165, 1.54) is 25.7 Å². The molecule has 2 aromatic carbocycles. The van der Waals surface area contributed by atoms with E-state index >= 15 is 0 Å². The average Bonchev–Trinajstić information content (AvgIpc) is 3.64. The molecule has 0 spiro atoms. The quantitative estimate of drug-likeness (QED) is 0.270. The number of aliphatic hydroxyl groups excluding tert-OH is 1. The summed E-state index contributed by atoms with van der Waals surface area (Å²) in [7, 11) is 0. The van der Waals surface area contributed by atoms with Crippen molar-refractivity contribution in [3.63, 3.8) is 0 Å². The van der Waals surface area contributed by atoms with Gasteiger partial charge in [0.25, 0.3) is 0 Å². The fourth-order valence-corrected chi connectivity index (χ4v) is 5.10. The highest BCUT2D eigenvalue weighted by molar-refractivity contribution is 6.01. The first kappa shape index (κ1) is 23.3. The monoisotopic (exact) mass is 471 g/mol. The maximum atomic E-state index is 9.18. The van der Waals surface area contributed by atoms with Gasteiger partial charge in [-0.25, -0.2) is 0 Å². The van der Waals surface area contributed by atoms with Gasteiger partial charge in [0.1, 0.15) is 6.61 Å². The third-order valence-electron chi connectivity index (χ3n) is 7.30. The molecule has 0 saturated heterocycles. The topological polar surface area (TPSA) is 104 Å². The van der Waals surface area contributed by atoms with Crippen molar-refractivity contribution in [2.45, 2.75) is 53.1 Å². The molecule has 7 heteroatoms. The number of fused-ring (bicyclic) bond motifs is 2. The SMILES string of the molecule is CC1CCC(C(C)C)CC1.OCc1nnc(-c2cc(-c3cccc4[nH]ccc34)cc3[nH]ncc23)o1. The second-order valence-electron chi connectivity index (χ2n) is 10.0. The normalized spacial score (nSPS) is 18.2. The molecular formula is C28H33N5O2. The first-order valence-electron chi connectivity index (χ1n) is 12.5. The van der Waals surface area contributed by atoms with Crippen molar-refractivity contribution in [3.8, 4) is 22.6 Å². The van der Waals surface area contributed by atoms with Crippen LogP contribution in [0.5, 0.6) is 0 Å². The van der Waals surface area contributed by atoms with E-state index in [0.29, 0.717) is 5.89 Å². The molecule has 0 radical (unpaired) electrons. The Kier molecular flexibility index (Phi) is 6.68. The number of H-pyrrole nitrogens is 2. The lowest BCUT2D eigenvalue weighted by atomic mass is 9.78.